The molecule has 3 heterocycles. The zero-order valence-electron chi connectivity index (χ0n) is 13.4. The van der Waals surface area contributed by atoms with Crippen molar-refractivity contribution in [1.29, 1.82) is 0 Å². The van der Waals surface area contributed by atoms with E-state index in [0.29, 0.717) is 16.8 Å². The molecule has 0 radical (unpaired) electrons. The van der Waals surface area contributed by atoms with E-state index in [9.17, 15) is 9.59 Å². The second kappa shape index (κ2) is 4.91. The highest BCUT2D eigenvalue weighted by molar-refractivity contribution is 6.30. The number of fused-ring (bicyclic) bond motifs is 3. The number of urea groups is 1. The maximum absolute atomic E-state index is 12.6. The number of benzene rings is 1. The smallest absolute Gasteiger partial charge is 0.270 e. The number of nitrogens with zero attached hydrogens (tertiary/aromatic N) is 5. The minimum Gasteiger partial charge on any atom is -0.270 e. The lowest BCUT2D eigenvalue weighted by Crippen LogP contribution is -2.61. The molecule has 1 aromatic carbocycles. The molecule has 0 N–H and O–H groups in total. The van der Waals surface area contributed by atoms with Gasteiger partial charge in [0.2, 0.25) is 11.9 Å². The van der Waals surface area contributed by atoms with Gasteiger partial charge in [0.05, 0.1) is 0 Å². The molecular weight excluding hydrogens is 330 g/mol. The fraction of sp³-hybridized carbons (Fsp3) is 0.250. The summed E-state index contributed by atoms with van der Waals surface area (Å²) < 4.78 is 3.72. The van der Waals surface area contributed by atoms with Crippen LogP contribution in [0.25, 0.3) is 5.69 Å². The molecule has 2 aliphatic rings. The van der Waals surface area contributed by atoms with Crippen LogP contribution >= 0.6 is 11.6 Å². The van der Waals surface area contributed by atoms with Gasteiger partial charge in [0, 0.05) is 19.1 Å². The van der Waals surface area contributed by atoms with E-state index in [4.69, 9.17) is 11.6 Å². The molecule has 4 rings (SSSR count). The van der Waals surface area contributed by atoms with Gasteiger partial charge in [0.25, 0.3) is 5.91 Å². The maximum atomic E-state index is 12.6. The number of aliphatic imine (C=N–C) groups is 1. The van der Waals surface area contributed by atoms with Gasteiger partial charge in [-0.25, -0.2) is 9.36 Å². The third kappa shape index (κ3) is 1.85. The minimum absolute atomic E-state index is 0.288. The number of hydrogen-bond donors (Lipinski definition) is 0. The number of carbonyl (C=O) groups is 2. The number of carbonyl (C=O) groups excluding carboxylic acids is 2. The largest absolute Gasteiger partial charge is 0.406 e. The first-order chi connectivity index (χ1) is 11.4. The normalized spacial score (nSPS) is 19.5. The third-order valence-corrected chi connectivity index (χ3v) is 4.63. The van der Waals surface area contributed by atoms with Crippen LogP contribution < -0.4 is 4.57 Å². The number of likely N-dealkylation sites (N-methyl/N-ethyl adjacent to an activating group) is 2. The predicted octanol–water partition coefficient (Wildman–Crippen LogP) is 1.84. The van der Waals surface area contributed by atoms with E-state index in [1.807, 2.05) is 35.9 Å². The van der Waals surface area contributed by atoms with Crippen LogP contribution in [0.5, 0.6) is 0 Å². The number of imidazole rings is 1. The Morgan fingerprint density at radius 3 is 2.67 bits per heavy atom. The van der Waals surface area contributed by atoms with Crippen LogP contribution in [0.15, 0.2) is 35.5 Å². The van der Waals surface area contributed by atoms with Crippen molar-refractivity contribution in [3.05, 3.63) is 41.2 Å². The molecule has 0 aliphatic carbocycles. The maximum Gasteiger partial charge on any atom is 0.406 e. The van der Waals surface area contributed by atoms with E-state index in [0.717, 1.165) is 16.3 Å². The summed E-state index contributed by atoms with van der Waals surface area (Å²) in [4.78, 5) is 31.8. The number of aromatic nitrogens is 2. The van der Waals surface area contributed by atoms with Gasteiger partial charge in [-0.3, -0.25) is 14.6 Å². The average molecular weight is 345 g/mol. The summed E-state index contributed by atoms with van der Waals surface area (Å²) in [6.07, 6.45) is 1.87. The summed E-state index contributed by atoms with van der Waals surface area (Å²) in [5, 5.41) is 0.616. The highest BCUT2D eigenvalue weighted by Crippen LogP contribution is 2.31. The highest BCUT2D eigenvalue weighted by atomic mass is 35.5. The molecule has 0 bridgehead atoms. The molecule has 7 nitrogen and oxygen atoms in total. The van der Waals surface area contributed by atoms with Crippen molar-refractivity contribution in [1.82, 2.24) is 14.4 Å². The standard InChI is InChI=1S/C16H15ClN5O2/c1-9-8-21-12-13(19(2)16(24)20(3)14(12)23)18-15(21)22(9)11-6-4-5-10(17)7-11/h4-8,12H,1-3H3/q+1. The van der Waals surface area contributed by atoms with Crippen molar-refractivity contribution < 1.29 is 14.2 Å². The van der Waals surface area contributed by atoms with E-state index < -0.39 is 6.04 Å². The number of aryl methyl sites for hydroxylation is 1. The van der Waals surface area contributed by atoms with Crippen LogP contribution in [0.1, 0.15) is 11.7 Å². The quantitative estimate of drug-likeness (QED) is 0.741. The fourth-order valence-corrected chi connectivity index (χ4v) is 3.38. The Labute approximate surface area is 143 Å². The number of amides is 3. The monoisotopic (exact) mass is 344 g/mol. The Hall–Kier alpha value is -2.67. The van der Waals surface area contributed by atoms with E-state index in [1.54, 1.807) is 17.7 Å². The van der Waals surface area contributed by atoms with Crippen LogP contribution in [0.2, 0.25) is 5.02 Å². The molecule has 1 aromatic heterocycles. The van der Waals surface area contributed by atoms with Gasteiger partial charge in [0.1, 0.15) is 17.6 Å². The summed E-state index contributed by atoms with van der Waals surface area (Å²) in [5.74, 6) is 0.746. The molecule has 1 saturated heterocycles. The van der Waals surface area contributed by atoms with Crippen molar-refractivity contribution in [3.63, 3.8) is 0 Å². The summed E-state index contributed by atoms with van der Waals surface area (Å²) in [6, 6.07) is 6.41. The van der Waals surface area contributed by atoms with Crippen molar-refractivity contribution in [2.75, 3.05) is 14.1 Å². The van der Waals surface area contributed by atoms with Gasteiger partial charge in [-0.2, -0.15) is 4.57 Å². The Balaban J connectivity index is 1.92. The SMILES string of the molecule is Cc1c[n+]2c(n1-c1cccc(Cl)c1)N=C1C2C(=O)N(C)C(=O)N1C. The first-order valence-electron chi connectivity index (χ1n) is 7.43. The van der Waals surface area contributed by atoms with Crippen molar-refractivity contribution >= 4 is 35.3 Å². The summed E-state index contributed by atoms with van der Waals surface area (Å²) in [5.41, 5.74) is 1.77. The Morgan fingerprint density at radius 1 is 1.21 bits per heavy atom. The lowest BCUT2D eigenvalue weighted by atomic mass is 10.2. The van der Waals surface area contributed by atoms with Gasteiger partial charge in [0.15, 0.2) is 0 Å². The second-order valence-corrected chi connectivity index (χ2v) is 6.34. The summed E-state index contributed by atoms with van der Waals surface area (Å²) >= 11 is 6.10. The van der Waals surface area contributed by atoms with Gasteiger partial charge >= 0.3 is 12.0 Å². The predicted molar refractivity (Wildman–Crippen MR) is 87.8 cm³/mol. The molecule has 2 aromatic rings. The van der Waals surface area contributed by atoms with Crippen LogP contribution in [0.4, 0.5) is 10.7 Å². The molecule has 0 saturated carbocycles. The Morgan fingerprint density at radius 2 is 1.96 bits per heavy atom. The first kappa shape index (κ1) is 14.9. The third-order valence-electron chi connectivity index (χ3n) is 4.40. The topological polar surface area (TPSA) is 61.8 Å². The Kier molecular flexibility index (Phi) is 3.05. The molecule has 1 atom stereocenters. The van der Waals surface area contributed by atoms with Gasteiger partial charge in [-0.1, -0.05) is 22.7 Å². The van der Waals surface area contributed by atoms with E-state index in [2.05, 4.69) is 4.99 Å². The molecule has 24 heavy (non-hydrogen) atoms. The van der Waals surface area contributed by atoms with Crippen LogP contribution in [-0.2, 0) is 4.79 Å². The molecule has 1 unspecified atom stereocenters. The van der Waals surface area contributed by atoms with Gasteiger partial charge in [-0.05, 0) is 25.1 Å². The molecule has 1 fully saturated rings. The number of rotatable bonds is 1. The fourth-order valence-electron chi connectivity index (χ4n) is 3.20. The zero-order chi connectivity index (χ0) is 17.2. The van der Waals surface area contributed by atoms with Gasteiger partial charge in [-0.15, -0.1) is 0 Å². The second-order valence-electron chi connectivity index (χ2n) is 5.90. The Bertz CT molecular complexity index is 933. The van der Waals surface area contributed by atoms with Crippen molar-refractivity contribution in [2.45, 2.75) is 13.0 Å². The van der Waals surface area contributed by atoms with Crippen LogP contribution in [0.3, 0.4) is 0 Å². The number of amidine groups is 1. The lowest BCUT2D eigenvalue weighted by molar-refractivity contribution is -0.676. The number of halogens is 1. The summed E-state index contributed by atoms with van der Waals surface area (Å²) in [7, 11) is 3.11. The molecule has 2 aliphatic heterocycles. The average Bonchev–Trinajstić information content (AvgIpc) is 3.05. The van der Waals surface area contributed by atoms with Gasteiger partial charge < -0.3 is 0 Å². The highest BCUT2D eigenvalue weighted by Gasteiger charge is 2.52. The van der Waals surface area contributed by atoms with Crippen molar-refractivity contribution in [3.8, 4) is 5.69 Å². The van der Waals surface area contributed by atoms with E-state index >= 15 is 0 Å². The summed E-state index contributed by atoms with van der Waals surface area (Å²) in [6.45, 7) is 1.94. The molecule has 3 amide bonds. The molecule has 0 spiro atoms. The molecule has 8 heteroatoms. The zero-order valence-corrected chi connectivity index (χ0v) is 14.2. The van der Waals surface area contributed by atoms with Crippen LogP contribution in [0, 0.1) is 6.92 Å². The lowest BCUT2D eigenvalue weighted by Gasteiger charge is -2.30. The van der Waals surface area contributed by atoms with Crippen molar-refractivity contribution in [2.24, 2.45) is 4.99 Å². The van der Waals surface area contributed by atoms with E-state index in [1.165, 1.54) is 11.9 Å². The first-order valence-corrected chi connectivity index (χ1v) is 7.81. The minimum atomic E-state index is -0.619. The van der Waals surface area contributed by atoms with Crippen LogP contribution in [-0.4, -0.2) is 46.2 Å². The van der Waals surface area contributed by atoms with E-state index in [-0.39, 0.29) is 11.9 Å². The number of hydrogen-bond acceptors (Lipinski definition) is 3. The molecule has 122 valence electrons. The molecular formula is C16H15ClN5O2+. The number of imide groups is 1.